The van der Waals surface area contributed by atoms with Crippen molar-refractivity contribution in [3.05, 3.63) is 41.4 Å². The molecule has 0 aliphatic rings. The largest absolute Gasteiger partial charge is 0.493 e. The summed E-state index contributed by atoms with van der Waals surface area (Å²) in [5.74, 6) is 1.53. The minimum Gasteiger partial charge on any atom is -0.493 e. The quantitative estimate of drug-likeness (QED) is 0.508. The number of methoxy groups -OCH3 is 2. The third-order valence-corrected chi connectivity index (χ3v) is 7.09. The maximum Gasteiger partial charge on any atom is 0.248 e. The number of aromatic nitrogens is 2. The van der Waals surface area contributed by atoms with Crippen molar-refractivity contribution in [1.82, 2.24) is 14.5 Å². The lowest BCUT2D eigenvalue weighted by atomic mass is 10.2. The number of rotatable bonds is 8. The van der Waals surface area contributed by atoms with Crippen LogP contribution in [0.25, 0.3) is 22.9 Å². The van der Waals surface area contributed by atoms with Gasteiger partial charge in [-0.15, -0.1) is 10.2 Å². The molecule has 0 amide bonds. The van der Waals surface area contributed by atoms with Gasteiger partial charge in [0.25, 0.3) is 0 Å². The minimum absolute atomic E-state index is 0.00349. The van der Waals surface area contributed by atoms with Gasteiger partial charge in [0, 0.05) is 24.2 Å². The molecule has 1 aromatic heterocycles. The lowest BCUT2D eigenvalue weighted by molar-refractivity contribution is 0.355. The van der Waals surface area contributed by atoms with E-state index in [9.17, 15) is 8.42 Å². The highest BCUT2D eigenvalue weighted by Gasteiger charge is 2.25. The molecule has 0 saturated heterocycles. The monoisotopic (exact) mass is 451 g/mol. The fourth-order valence-corrected chi connectivity index (χ4v) is 4.92. The second-order valence-electron chi connectivity index (χ2n) is 6.22. The molecule has 3 rings (SSSR count). The van der Waals surface area contributed by atoms with Crippen LogP contribution in [0.5, 0.6) is 11.5 Å². The van der Waals surface area contributed by atoms with Crippen molar-refractivity contribution in [3.63, 3.8) is 0 Å². The zero-order chi connectivity index (χ0) is 21.9. The predicted molar refractivity (Wildman–Crippen MR) is 113 cm³/mol. The van der Waals surface area contributed by atoms with Gasteiger partial charge < -0.3 is 13.9 Å². The summed E-state index contributed by atoms with van der Waals surface area (Å²) in [5.41, 5.74) is 1.08. The van der Waals surface area contributed by atoms with Gasteiger partial charge in [0.05, 0.1) is 19.2 Å². The Balaban J connectivity index is 2.00. The van der Waals surface area contributed by atoms with Gasteiger partial charge in [0.15, 0.2) is 11.5 Å². The molecule has 0 N–H and O–H groups in total. The van der Waals surface area contributed by atoms with Crippen LogP contribution in [0.15, 0.2) is 45.7 Å². The third kappa shape index (κ3) is 4.14. The molecule has 0 radical (unpaired) electrons. The Kier molecular flexibility index (Phi) is 6.64. The number of sulfonamides is 1. The van der Waals surface area contributed by atoms with Gasteiger partial charge in [-0.05, 0) is 36.4 Å². The van der Waals surface area contributed by atoms with Crippen molar-refractivity contribution in [2.75, 3.05) is 27.3 Å². The Hall–Kier alpha value is -2.62. The number of benzene rings is 2. The Morgan fingerprint density at radius 1 is 0.933 bits per heavy atom. The molecule has 0 aliphatic carbocycles. The highest BCUT2D eigenvalue weighted by molar-refractivity contribution is 7.89. The van der Waals surface area contributed by atoms with Crippen LogP contribution >= 0.6 is 11.6 Å². The number of halogens is 1. The van der Waals surface area contributed by atoms with Crippen LogP contribution in [0.3, 0.4) is 0 Å². The molecule has 0 unspecified atom stereocenters. The van der Waals surface area contributed by atoms with Crippen molar-refractivity contribution in [2.45, 2.75) is 18.7 Å². The Bertz CT molecular complexity index is 1140. The molecule has 0 fully saturated rings. The number of ether oxygens (including phenoxy) is 2. The molecule has 0 aliphatic heterocycles. The third-order valence-electron chi connectivity index (χ3n) is 4.56. The second kappa shape index (κ2) is 9.03. The summed E-state index contributed by atoms with van der Waals surface area (Å²) < 4.78 is 43.5. The van der Waals surface area contributed by atoms with Crippen LogP contribution in [0.2, 0.25) is 5.02 Å². The van der Waals surface area contributed by atoms with Gasteiger partial charge in [0.1, 0.15) is 4.90 Å². The van der Waals surface area contributed by atoms with Crippen LogP contribution < -0.4 is 9.47 Å². The summed E-state index contributed by atoms with van der Waals surface area (Å²) in [6, 6.07) is 9.80. The van der Waals surface area contributed by atoms with E-state index in [0.29, 0.717) is 35.7 Å². The van der Waals surface area contributed by atoms with Crippen molar-refractivity contribution in [2.24, 2.45) is 0 Å². The van der Waals surface area contributed by atoms with E-state index >= 15 is 0 Å². The zero-order valence-corrected chi connectivity index (χ0v) is 18.6. The summed E-state index contributed by atoms with van der Waals surface area (Å²) in [5, 5.41) is 8.26. The molecule has 0 atom stereocenters. The van der Waals surface area contributed by atoms with E-state index in [1.165, 1.54) is 23.5 Å². The smallest absolute Gasteiger partial charge is 0.248 e. The van der Waals surface area contributed by atoms with Gasteiger partial charge >= 0.3 is 0 Å². The normalized spacial score (nSPS) is 11.7. The number of hydrogen-bond donors (Lipinski definition) is 0. The minimum atomic E-state index is -3.74. The molecule has 160 valence electrons. The lowest BCUT2D eigenvalue weighted by Crippen LogP contribution is -2.30. The van der Waals surface area contributed by atoms with Gasteiger partial charge in [-0.3, -0.25) is 0 Å². The number of hydrogen-bond acceptors (Lipinski definition) is 7. The summed E-state index contributed by atoms with van der Waals surface area (Å²) in [6.07, 6.45) is 0. The summed E-state index contributed by atoms with van der Waals surface area (Å²) in [6.45, 7) is 4.21. The van der Waals surface area contributed by atoms with E-state index in [4.69, 9.17) is 25.5 Å². The molecule has 0 saturated carbocycles. The molecule has 0 bridgehead atoms. The Labute approximate surface area is 180 Å². The zero-order valence-electron chi connectivity index (χ0n) is 17.0. The SMILES string of the molecule is CCN(CC)S(=O)(=O)c1cc(-c2nnc(-c3ccc(OC)c(OC)c3)o2)ccc1Cl. The van der Waals surface area contributed by atoms with E-state index in [1.807, 2.05) is 0 Å². The topological polar surface area (TPSA) is 94.8 Å². The van der Waals surface area contributed by atoms with E-state index in [-0.39, 0.29) is 21.7 Å². The van der Waals surface area contributed by atoms with E-state index < -0.39 is 10.0 Å². The van der Waals surface area contributed by atoms with E-state index in [0.717, 1.165) is 0 Å². The first-order chi connectivity index (χ1) is 14.3. The first-order valence-electron chi connectivity index (χ1n) is 9.21. The lowest BCUT2D eigenvalue weighted by Gasteiger charge is -2.19. The van der Waals surface area contributed by atoms with Crippen LogP contribution in [-0.4, -0.2) is 50.2 Å². The molecule has 3 aromatic rings. The van der Waals surface area contributed by atoms with Crippen molar-refractivity contribution < 1.29 is 22.3 Å². The molecular weight excluding hydrogens is 430 g/mol. The van der Waals surface area contributed by atoms with Gasteiger partial charge in [-0.2, -0.15) is 4.31 Å². The highest BCUT2D eigenvalue weighted by atomic mass is 35.5. The van der Waals surface area contributed by atoms with Crippen molar-refractivity contribution in [3.8, 4) is 34.4 Å². The van der Waals surface area contributed by atoms with E-state index in [1.54, 1.807) is 45.2 Å². The first-order valence-corrected chi connectivity index (χ1v) is 11.0. The maximum atomic E-state index is 12.9. The average Bonchev–Trinajstić information content (AvgIpc) is 3.24. The first kappa shape index (κ1) is 22.1. The van der Waals surface area contributed by atoms with Gasteiger partial charge in [-0.25, -0.2) is 8.42 Å². The predicted octanol–water partition coefficient (Wildman–Crippen LogP) is 4.10. The Morgan fingerprint density at radius 2 is 1.50 bits per heavy atom. The molecule has 1 heterocycles. The Morgan fingerprint density at radius 3 is 2.07 bits per heavy atom. The average molecular weight is 452 g/mol. The molecule has 30 heavy (non-hydrogen) atoms. The maximum absolute atomic E-state index is 12.9. The highest BCUT2D eigenvalue weighted by Crippen LogP contribution is 2.34. The van der Waals surface area contributed by atoms with Crippen LogP contribution in [0, 0.1) is 0 Å². The fourth-order valence-electron chi connectivity index (χ4n) is 2.96. The fraction of sp³-hybridized carbons (Fsp3) is 0.300. The molecule has 8 nitrogen and oxygen atoms in total. The molecule has 0 spiro atoms. The van der Waals surface area contributed by atoms with E-state index in [2.05, 4.69) is 10.2 Å². The summed E-state index contributed by atoms with van der Waals surface area (Å²) in [4.78, 5) is -0.00349. The number of nitrogens with zero attached hydrogens (tertiary/aromatic N) is 3. The van der Waals surface area contributed by atoms with Gasteiger partial charge in [-0.1, -0.05) is 25.4 Å². The standard InChI is InChI=1S/C20H22ClN3O5S/c1-5-24(6-2)30(25,26)18-12-14(7-9-15(18)21)20-23-22-19(29-20)13-8-10-16(27-3)17(11-13)28-4/h7-12H,5-6H2,1-4H3. The van der Waals surface area contributed by atoms with Crippen molar-refractivity contribution >= 4 is 21.6 Å². The summed E-state index contributed by atoms with van der Waals surface area (Å²) in [7, 11) is -0.661. The second-order valence-corrected chi connectivity index (χ2v) is 8.53. The van der Waals surface area contributed by atoms with Gasteiger partial charge in [0.2, 0.25) is 21.8 Å². The summed E-state index contributed by atoms with van der Waals surface area (Å²) >= 11 is 6.19. The molecule has 2 aromatic carbocycles. The van der Waals surface area contributed by atoms with Crippen LogP contribution in [0.1, 0.15) is 13.8 Å². The molecular formula is C20H22ClN3O5S. The van der Waals surface area contributed by atoms with Crippen LogP contribution in [0.4, 0.5) is 0 Å². The molecule has 10 heteroatoms. The van der Waals surface area contributed by atoms with Crippen LogP contribution in [-0.2, 0) is 10.0 Å². The van der Waals surface area contributed by atoms with Crippen molar-refractivity contribution in [1.29, 1.82) is 0 Å².